The third-order valence-electron chi connectivity index (χ3n) is 4.70. The second-order valence-electron chi connectivity index (χ2n) is 7.01. The summed E-state index contributed by atoms with van der Waals surface area (Å²) in [4.78, 5) is 50.8. The Morgan fingerprint density at radius 2 is 1.77 bits per heavy atom. The van der Waals surface area contributed by atoms with E-state index >= 15 is 0 Å². The van der Waals surface area contributed by atoms with E-state index in [4.69, 9.17) is 10.8 Å². The molecular weight excluding hydrogens is 424 g/mol. The molecule has 0 radical (unpaired) electrons. The number of rotatable bonds is 12. The van der Waals surface area contributed by atoms with Gasteiger partial charge >= 0.3 is 11.9 Å². The highest BCUT2D eigenvalue weighted by molar-refractivity contribution is 7.98. The maximum Gasteiger partial charge on any atom is 0.326 e. The second-order valence-corrected chi connectivity index (χ2v) is 8.00. The first-order valence-electron chi connectivity index (χ1n) is 9.57. The van der Waals surface area contributed by atoms with Gasteiger partial charge < -0.3 is 31.6 Å². The van der Waals surface area contributed by atoms with Crippen molar-refractivity contribution in [3.63, 3.8) is 0 Å². The molecule has 2 aromatic rings. The fraction of sp³-hybridized carbons (Fsp3) is 0.400. The van der Waals surface area contributed by atoms with Crippen molar-refractivity contribution in [2.24, 2.45) is 5.73 Å². The summed E-state index contributed by atoms with van der Waals surface area (Å²) < 4.78 is 0. The number of fused-ring (bicyclic) bond motifs is 1. The minimum Gasteiger partial charge on any atom is -0.481 e. The highest BCUT2D eigenvalue weighted by atomic mass is 32.2. The number of nitrogens with one attached hydrogen (secondary N) is 3. The quantitative estimate of drug-likeness (QED) is 0.268. The summed E-state index contributed by atoms with van der Waals surface area (Å²) in [6.07, 6.45) is 3.14. The number of aliphatic carboxylic acids is 2. The topological polar surface area (TPSA) is 175 Å². The van der Waals surface area contributed by atoms with Gasteiger partial charge in [-0.3, -0.25) is 14.4 Å². The van der Waals surface area contributed by atoms with E-state index in [2.05, 4.69) is 15.6 Å². The molecule has 10 nitrogen and oxygen atoms in total. The van der Waals surface area contributed by atoms with Crippen molar-refractivity contribution in [1.29, 1.82) is 0 Å². The molecule has 0 aliphatic carbocycles. The number of hydrogen-bond donors (Lipinski definition) is 6. The maximum atomic E-state index is 12.7. The number of carboxylic acids is 2. The summed E-state index contributed by atoms with van der Waals surface area (Å²) in [6, 6.07) is 3.64. The SMILES string of the molecule is CSCC[C@H](N)C(=O)N[C@@H](CC(=O)O)C(=O)N[C@@H](Cc1c[nH]c2ccccc12)C(=O)O. The molecule has 0 saturated heterocycles. The molecule has 0 spiro atoms. The lowest BCUT2D eigenvalue weighted by molar-refractivity contribution is -0.143. The Hall–Kier alpha value is -3.05. The highest BCUT2D eigenvalue weighted by Crippen LogP contribution is 2.19. The highest BCUT2D eigenvalue weighted by Gasteiger charge is 2.30. The number of nitrogens with two attached hydrogens (primary N) is 1. The largest absolute Gasteiger partial charge is 0.481 e. The molecule has 31 heavy (non-hydrogen) atoms. The zero-order chi connectivity index (χ0) is 23.0. The summed E-state index contributed by atoms with van der Waals surface area (Å²) in [5.41, 5.74) is 7.28. The van der Waals surface area contributed by atoms with E-state index in [9.17, 15) is 24.3 Å². The molecule has 0 saturated carbocycles. The van der Waals surface area contributed by atoms with Gasteiger partial charge in [0, 0.05) is 23.5 Å². The number of carboxylic acid groups (broad SMARTS) is 2. The predicted octanol–water partition coefficient (Wildman–Crippen LogP) is 0.320. The van der Waals surface area contributed by atoms with Crippen LogP contribution in [0.1, 0.15) is 18.4 Å². The van der Waals surface area contributed by atoms with E-state index in [1.807, 2.05) is 30.5 Å². The molecule has 1 aromatic heterocycles. The van der Waals surface area contributed by atoms with Crippen LogP contribution in [-0.2, 0) is 25.6 Å². The van der Waals surface area contributed by atoms with E-state index in [0.29, 0.717) is 17.7 Å². The molecule has 2 amide bonds. The summed E-state index contributed by atoms with van der Waals surface area (Å²) in [7, 11) is 0. The van der Waals surface area contributed by atoms with Crippen molar-refractivity contribution < 1.29 is 29.4 Å². The normalized spacial score (nSPS) is 13.9. The number of aromatic nitrogens is 1. The van der Waals surface area contributed by atoms with Crippen LogP contribution >= 0.6 is 11.8 Å². The van der Waals surface area contributed by atoms with E-state index in [-0.39, 0.29) is 6.42 Å². The van der Waals surface area contributed by atoms with E-state index in [0.717, 1.165) is 10.9 Å². The third kappa shape index (κ3) is 7.00. The van der Waals surface area contributed by atoms with Gasteiger partial charge in [0.25, 0.3) is 0 Å². The van der Waals surface area contributed by atoms with Crippen LogP contribution < -0.4 is 16.4 Å². The minimum absolute atomic E-state index is 0.0218. The first-order valence-corrected chi connectivity index (χ1v) is 11.0. The van der Waals surface area contributed by atoms with Gasteiger partial charge in [-0.25, -0.2) is 4.79 Å². The fourth-order valence-electron chi connectivity index (χ4n) is 3.03. The van der Waals surface area contributed by atoms with Gasteiger partial charge in [0.1, 0.15) is 12.1 Å². The molecule has 168 valence electrons. The predicted molar refractivity (Wildman–Crippen MR) is 117 cm³/mol. The Labute approximate surface area is 182 Å². The number of para-hydroxylation sites is 1. The average molecular weight is 451 g/mol. The number of amides is 2. The maximum absolute atomic E-state index is 12.7. The van der Waals surface area contributed by atoms with Gasteiger partial charge in [-0.05, 0) is 30.1 Å². The van der Waals surface area contributed by atoms with Crippen LogP contribution in [0.5, 0.6) is 0 Å². The standard InChI is InChI=1S/C20H26N4O6S/c1-31-7-6-13(21)18(27)23-15(9-17(25)26)19(28)24-16(20(29)30)8-11-10-22-14-5-3-2-4-12(11)14/h2-5,10,13,15-16,22H,6-9,21H2,1H3,(H,23,27)(H,24,28)(H,25,26)(H,29,30)/t13-,15-,16-/m0/s1. The minimum atomic E-state index is -1.45. The number of aromatic amines is 1. The molecule has 11 heteroatoms. The van der Waals surface area contributed by atoms with Crippen LogP contribution in [0.3, 0.4) is 0 Å². The van der Waals surface area contributed by atoms with Gasteiger partial charge in [0.15, 0.2) is 0 Å². The van der Waals surface area contributed by atoms with Crippen LogP contribution in [-0.4, -0.2) is 69.1 Å². The Morgan fingerprint density at radius 1 is 1.10 bits per heavy atom. The van der Waals surface area contributed by atoms with Crippen LogP contribution in [0.2, 0.25) is 0 Å². The van der Waals surface area contributed by atoms with Crippen LogP contribution in [0.4, 0.5) is 0 Å². The summed E-state index contributed by atoms with van der Waals surface area (Å²) in [6.45, 7) is 0. The van der Waals surface area contributed by atoms with Gasteiger partial charge in [0.2, 0.25) is 11.8 Å². The molecule has 7 N–H and O–H groups in total. The van der Waals surface area contributed by atoms with Gasteiger partial charge in [-0.15, -0.1) is 0 Å². The Kier molecular flexibility index (Phi) is 8.88. The van der Waals surface area contributed by atoms with Crippen molar-refractivity contribution in [2.75, 3.05) is 12.0 Å². The molecule has 0 fully saturated rings. The number of carbonyl (C=O) groups excluding carboxylic acids is 2. The van der Waals surface area contributed by atoms with Gasteiger partial charge in [-0.1, -0.05) is 18.2 Å². The number of thioether (sulfide) groups is 1. The smallest absolute Gasteiger partial charge is 0.326 e. The number of H-pyrrole nitrogens is 1. The first-order chi connectivity index (χ1) is 14.7. The van der Waals surface area contributed by atoms with Crippen LogP contribution in [0.15, 0.2) is 30.5 Å². The van der Waals surface area contributed by atoms with E-state index in [1.54, 1.807) is 6.20 Å². The third-order valence-corrected chi connectivity index (χ3v) is 5.34. The lowest BCUT2D eigenvalue weighted by Gasteiger charge is -2.22. The Bertz CT molecular complexity index is 947. The zero-order valence-electron chi connectivity index (χ0n) is 17.0. The lowest BCUT2D eigenvalue weighted by atomic mass is 10.0. The zero-order valence-corrected chi connectivity index (χ0v) is 17.8. The van der Waals surface area contributed by atoms with E-state index in [1.165, 1.54) is 11.8 Å². The second kappa shape index (κ2) is 11.4. The van der Waals surface area contributed by atoms with Crippen molar-refractivity contribution in [3.8, 4) is 0 Å². The summed E-state index contributed by atoms with van der Waals surface area (Å²) >= 11 is 1.50. The van der Waals surface area contributed by atoms with Crippen molar-refractivity contribution in [2.45, 2.75) is 37.4 Å². The number of benzene rings is 1. The molecule has 2 rings (SSSR count). The monoisotopic (exact) mass is 450 g/mol. The first kappa shape index (κ1) is 24.2. The summed E-state index contributed by atoms with van der Waals surface area (Å²) in [5, 5.41) is 24.2. The Morgan fingerprint density at radius 3 is 2.42 bits per heavy atom. The molecule has 0 unspecified atom stereocenters. The summed E-state index contributed by atoms with van der Waals surface area (Å²) in [5.74, 6) is -3.55. The number of carbonyl (C=O) groups is 4. The molecule has 0 aliphatic rings. The molecule has 0 bridgehead atoms. The molecule has 1 aromatic carbocycles. The van der Waals surface area contributed by atoms with Crippen LogP contribution in [0, 0.1) is 0 Å². The number of hydrogen-bond acceptors (Lipinski definition) is 6. The van der Waals surface area contributed by atoms with Gasteiger partial charge in [0.05, 0.1) is 12.5 Å². The molecule has 3 atom stereocenters. The molecular formula is C20H26N4O6S. The molecule has 0 aliphatic heterocycles. The van der Waals surface area contributed by atoms with Crippen molar-refractivity contribution in [3.05, 3.63) is 36.0 Å². The molecule has 1 heterocycles. The Balaban J connectivity index is 2.11. The van der Waals surface area contributed by atoms with Crippen molar-refractivity contribution in [1.82, 2.24) is 15.6 Å². The van der Waals surface area contributed by atoms with Crippen LogP contribution in [0.25, 0.3) is 10.9 Å². The lowest BCUT2D eigenvalue weighted by Crippen LogP contribution is -2.55. The average Bonchev–Trinajstić information content (AvgIpc) is 3.13. The van der Waals surface area contributed by atoms with E-state index < -0.39 is 48.3 Å². The van der Waals surface area contributed by atoms with Gasteiger partial charge in [-0.2, -0.15) is 11.8 Å². The fourth-order valence-corrected chi connectivity index (χ4v) is 3.52. The van der Waals surface area contributed by atoms with Crippen molar-refractivity contribution >= 4 is 46.4 Å².